The molecule has 0 saturated heterocycles. The van der Waals surface area contributed by atoms with E-state index in [-0.39, 0.29) is 0 Å². The second kappa shape index (κ2) is 2.98. The second-order valence-corrected chi connectivity index (χ2v) is 3.73. The summed E-state index contributed by atoms with van der Waals surface area (Å²) in [6.45, 7) is 1.17. The van der Waals surface area contributed by atoms with Crippen LogP contribution in [-0.4, -0.2) is 26.7 Å². The van der Waals surface area contributed by atoms with Gasteiger partial charge in [-0.15, -0.1) is 0 Å². The molecule has 0 spiro atoms. The summed E-state index contributed by atoms with van der Waals surface area (Å²) in [4.78, 5) is 10.3. The average Bonchev–Trinajstić information content (AvgIpc) is 1.86. The predicted octanol–water partition coefficient (Wildman–Crippen LogP) is -1.16. The zero-order valence-corrected chi connectivity index (χ0v) is 6.51. The lowest BCUT2D eigenvalue weighted by Gasteiger charge is -2.04. The minimum absolute atomic E-state index is 0.915. The molecule has 0 heterocycles. The van der Waals surface area contributed by atoms with E-state index in [1.807, 2.05) is 0 Å². The van der Waals surface area contributed by atoms with Crippen LogP contribution in [0.15, 0.2) is 0 Å². The van der Waals surface area contributed by atoms with Crippen molar-refractivity contribution < 1.29 is 17.4 Å². The third-order valence-corrected chi connectivity index (χ3v) is 2.63. The molecule has 0 aromatic carbocycles. The van der Waals surface area contributed by atoms with Crippen molar-refractivity contribution in [2.24, 2.45) is 5.73 Å². The average molecular weight is 167 g/mol. The van der Waals surface area contributed by atoms with Gasteiger partial charge in [-0.25, -0.2) is 0 Å². The topological polar surface area (TPSA) is 86.5 Å². The van der Waals surface area contributed by atoms with Crippen LogP contribution >= 0.6 is 0 Å². The molecular weight excluding hydrogens is 158 g/mol. The smallest absolute Gasteiger partial charge is 0.278 e. The Balaban J connectivity index is 4.51. The molecule has 0 aliphatic carbocycles. The van der Waals surface area contributed by atoms with E-state index in [0.29, 0.717) is 0 Å². The van der Waals surface area contributed by atoms with Gasteiger partial charge in [-0.2, -0.15) is 8.42 Å². The third kappa shape index (κ3) is 1.96. The van der Waals surface area contributed by atoms with Crippen LogP contribution in [0.3, 0.4) is 0 Å². The molecule has 0 aliphatic rings. The van der Waals surface area contributed by atoms with E-state index in [4.69, 9.17) is 5.73 Å². The van der Waals surface area contributed by atoms with Gasteiger partial charge in [0.15, 0.2) is 5.25 Å². The molecule has 0 aromatic rings. The van der Waals surface area contributed by atoms with Crippen LogP contribution in [0.1, 0.15) is 6.92 Å². The van der Waals surface area contributed by atoms with Crippen LogP contribution in [0.4, 0.5) is 0 Å². The first-order valence-electron chi connectivity index (χ1n) is 2.50. The van der Waals surface area contributed by atoms with Gasteiger partial charge in [0.25, 0.3) is 10.1 Å². The minimum Gasteiger partial charge on any atom is -0.368 e. The van der Waals surface area contributed by atoms with Gasteiger partial charge in [-0.05, 0) is 6.92 Å². The van der Waals surface area contributed by atoms with Gasteiger partial charge in [0.05, 0.1) is 7.11 Å². The van der Waals surface area contributed by atoms with Gasteiger partial charge in [-0.1, -0.05) is 0 Å². The Morgan fingerprint density at radius 2 is 2.00 bits per heavy atom. The van der Waals surface area contributed by atoms with Crippen molar-refractivity contribution in [3.05, 3.63) is 0 Å². The van der Waals surface area contributed by atoms with Crippen LogP contribution in [0.25, 0.3) is 0 Å². The highest BCUT2D eigenvalue weighted by Crippen LogP contribution is 1.99. The molecule has 60 valence electrons. The molecule has 0 fully saturated rings. The van der Waals surface area contributed by atoms with E-state index in [1.54, 1.807) is 0 Å². The summed E-state index contributed by atoms with van der Waals surface area (Å²) < 4.78 is 25.3. The molecular formula is C4H9NO4S. The summed E-state index contributed by atoms with van der Waals surface area (Å²) in [5, 5.41) is -1.28. The van der Waals surface area contributed by atoms with Crippen LogP contribution < -0.4 is 5.73 Å². The number of nitrogens with two attached hydrogens (primary N) is 1. The maximum Gasteiger partial charge on any atom is 0.278 e. The standard InChI is InChI=1S/C4H9NO4S/c1-3(4(5)6)10(7,8)9-2/h3H,1-2H3,(H2,5,6). The first-order valence-corrected chi connectivity index (χ1v) is 3.97. The molecule has 5 nitrogen and oxygen atoms in total. The molecule has 1 atom stereocenters. The number of rotatable bonds is 3. The van der Waals surface area contributed by atoms with E-state index in [0.717, 1.165) is 7.11 Å². The predicted molar refractivity (Wildman–Crippen MR) is 34.6 cm³/mol. The summed E-state index contributed by atoms with van der Waals surface area (Å²) in [7, 11) is -2.79. The van der Waals surface area contributed by atoms with Crippen molar-refractivity contribution in [1.29, 1.82) is 0 Å². The number of hydrogen-bond acceptors (Lipinski definition) is 4. The summed E-state index contributed by atoms with van der Waals surface area (Å²) in [6.07, 6.45) is 0. The maximum atomic E-state index is 10.6. The lowest BCUT2D eigenvalue weighted by molar-refractivity contribution is -0.117. The Kier molecular flexibility index (Phi) is 2.79. The van der Waals surface area contributed by atoms with Gasteiger partial charge >= 0.3 is 0 Å². The first-order chi connectivity index (χ1) is 4.41. The number of carbonyl (C=O) groups is 1. The van der Waals surface area contributed by atoms with E-state index >= 15 is 0 Å². The Hall–Kier alpha value is -0.620. The summed E-state index contributed by atoms with van der Waals surface area (Å²) in [5.74, 6) is -0.915. The molecule has 10 heavy (non-hydrogen) atoms. The molecule has 0 rings (SSSR count). The van der Waals surface area contributed by atoms with Crippen LogP contribution in [0.2, 0.25) is 0 Å². The molecule has 0 saturated carbocycles. The lowest BCUT2D eigenvalue weighted by atomic mass is 10.5. The Bertz CT molecular complexity index is 219. The van der Waals surface area contributed by atoms with Crippen molar-refractivity contribution in [3.8, 4) is 0 Å². The fourth-order valence-corrected chi connectivity index (χ4v) is 0.860. The van der Waals surface area contributed by atoms with Crippen LogP contribution in [0.5, 0.6) is 0 Å². The molecule has 0 bridgehead atoms. The normalized spacial score (nSPS) is 14.6. The zero-order chi connectivity index (χ0) is 8.36. The molecule has 0 radical (unpaired) electrons. The van der Waals surface area contributed by atoms with Crippen molar-refractivity contribution in [2.75, 3.05) is 7.11 Å². The molecule has 1 unspecified atom stereocenters. The Labute approximate surface area is 59.3 Å². The van der Waals surface area contributed by atoms with Gasteiger partial charge in [0.1, 0.15) is 0 Å². The monoisotopic (exact) mass is 167 g/mol. The second-order valence-electron chi connectivity index (χ2n) is 1.70. The van der Waals surface area contributed by atoms with Crippen molar-refractivity contribution >= 4 is 16.0 Å². The Morgan fingerprint density at radius 1 is 1.60 bits per heavy atom. The highest BCUT2D eigenvalue weighted by Gasteiger charge is 2.25. The molecule has 6 heteroatoms. The number of amides is 1. The van der Waals surface area contributed by atoms with Gasteiger partial charge in [-0.3, -0.25) is 8.98 Å². The molecule has 0 aromatic heterocycles. The molecule has 1 amide bonds. The number of carbonyl (C=O) groups excluding carboxylic acids is 1. The summed E-state index contributed by atoms with van der Waals surface area (Å²) in [5.41, 5.74) is 4.70. The molecule has 0 aliphatic heterocycles. The van der Waals surface area contributed by atoms with E-state index in [2.05, 4.69) is 4.18 Å². The van der Waals surface area contributed by atoms with E-state index in [1.165, 1.54) is 6.92 Å². The van der Waals surface area contributed by atoms with Gasteiger partial charge < -0.3 is 5.73 Å². The van der Waals surface area contributed by atoms with E-state index < -0.39 is 21.3 Å². The van der Waals surface area contributed by atoms with Gasteiger partial charge in [0, 0.05) is 0 Å². The third-order valence-electron chi connectivity index (χ3n) is 1.07. The lowest BCUT2D eigenvalue weighted by Crippen LogP contribution is -2.33. The quantitative estimate of drug-likeness (QED) is 0.537. The highest BCUT2D eigenvalue weighted by molar-refractivity contribution is 7.88. The zero-order valence-electron chi connectivity index (χ0n) is 5.70. The summed E-state index contributed by atoms with van der Waals surface area (Å²) in [6, 6.07) is 0. The van der Waals surface area contributed by atoms with Crippen molar-refractivity contribution in [3.63, 3.8) is 0 Å². The fourth-order valence-electron chi connectivity index (χ4n) is 0.287. The number of hydrogen-bond donors (Lipinski definition) is 1. The summed E-state index contributed by atoms with van der Waals surface area (Å²) >= 11 is 0. The van der Waals surface area contributed by atoms with Gasteiger partial charge in [0.2, 0.25) is 5.91 Å². The van der Waals surface area contributed by atoms with Crippen molar-refractivity contribution in [2.45, 2.75) is 12.2 Å². The highest BCUT2D eigenvalue weighted by atomic mass is 32.2. The largest absolute Gasteiger partial charge is 0.368 e. The first kappa shape index (κ1) is 9.38. The van der Waals surface area contributed by atoms with Crippen molar-refractivity contribution in [1.82, 2.24) is 0 Å². The maximum absolute atomic E-state index is 10.6. The SMILES string of the molecule is COS(=O)(=O)C(C)C(N)=O. The fraction of sp³-hybridized carbons (Fsp3) is 0.750. The van der Waals surface area contributed by atoms with Crippen LogP contribution in [0, 0.1) is 0 Å². The number of primary amides is 1. The van der Waals surface area contributed by atoms with E-state index in [9.17, 15) is 13.2 Å². The van der Waals surface area contributed by atoms with Crippen LogP contribution in [-0.2, 0) is 19.1 Å². The molecule has 2 N–H and O–H groups in total. The Morgan fingerprint density at radius 3 is 2.10 bits per heavy atom. The minimum atomic E-state index is -3.77.